The average Bonchev–Trinajstić information content (AvgIpc) is 3.34. The summed E-state index contributed by atoms with van der Waals surface area (Å²) in [6.45, 7) is 10.5. The smallest absolute Gasteiger partial charge is 0.230 e. The molecule has 0 aliphatic heterocycles. The maximum absolute atomic E-state index is 12.3. The van der Waals surface area contributed by atoms with Crippen LogP contribution in [0.15, 0.2) is 36.0 Å². The van der Waals surface area contributed by atoms with Crippen LogP contribution in [0.1, 0.15) is 55.7 Å². The second-order valence-electron chi connectivity index (χ2n) is 7.54. The van der Waals surface area contributed by atoms with Gasteiger partial charge in [0.25, 0.3) is 0 Å². The number of ether oxygens (including phenoxy) is 1. The topological polar surface area (TPSA) is 69.0 Å². The summed E-state index contributed by atoms with van der Waals surface area (Å²) < 4.78 is 8.15. The van der Waals surface area contributed by atoms with Gasteiger partial charge in [-0.3, -0.25) is 9.36 Å². The van der Waals surface area contributed by atoms with Crippen molar-refractivity contribution in [3.8, 4) is 5.75 Å². The van der Waals surface area contributed by atoms with E-state index >= 15 is 0 Å². The first kappa shape index (κ1) is 21.4. The van der Waals surface area contributed by atoms with E-state index in [1.165, 1.54) is 30.2 Å². The van der Waals surface area contributed by atoms with Crippen LogP contribution < -0.4 is 10.1 Å². The van der Waals surface area contributed by atoms with Crippen LogP contribution in [0.2, 0.25) is 0 Å². The number of nitrogens with zero attached hydrogens (tertiary/aromatic N) is 3. The van der Waals surface area contributed by atoms with E-state index in [0.717, 1.165) is 30.0 Å². The Morgan fingerprint density at radius 2 is 2.14 bits per heavy atom. The maximum atomic E-state index is 12.3. The molecule has 3 rings (SSSR count). The summed E-state index contributed by atoms with van der Waals surface area (Å²) >= 11 is 1.40. The molecular weight excluding hydrogens is 384 g/mol. The van der Waals surface area contributed by atoms with Crippen molar-refractivity contribution in [2.75, 3.05) is 5.75 Å². The third-order valence-corrected chi connectivity index (χ3v) is 6.30. The molecule has 0 saturated heterocycles. The molecular formula is C22H30N4O2S. The van der Waals surface area contributed by atoms with Crippen LogP contribution >= 0.6 is 11.8 Å². The van der Waals surface area contributed by atoms with Crippen LogP contribution in [0.5, 0.6) is 5.75 Å². The summed E-state index contributed by atoms with van der Waals surface area (Å²) in [6.07, 6.45) is 6.10. The first-order valence-electron chi connectivity index (χ1n) is 10.2. The van der Waals surface area contributed by atoms with Crippen LogP contribution in [0.25, 0.3) is 0 Å². The summed E-state index contributed by atoms with van der Waals surface area (Å²) in [5.74, 6) is 1.95. The van der Waals surface area contributed by atoms with Gasteiger partial charge in [0.05, 0.1) is 5.75 Å². The lowest BCUT2D eigenvalue weighted by Crippen LogP contribution is -2.33. The molecule has 1 unspecified atom stereocenters. The van der Waals surface area contributed by atoms with Crippen molar-refractivity contribution in [3.63, 3.8) is 0 Å². The molecule has 0 spiro atoms. The molecule has 1 aromatic carbocycles. The number of carbonyl (C=O) groups excluding carboxylic acids is 1. The fourth-order valence-corrected chi connectivity index (χ4v) is 4.34. The van der Waals surface area contributed by atoms with E-state index in [-0.39, 0.29) is 12.0 Å². The minimum absolute atomic E-state index is 0.0521. The molecule has 1 aliphatic rings. The van der Waals surface area contributed by atoms with Crippen LogP contribution in [-0.4, -0.2) is 32.5 Å². The number of carbonyl (C=O) groups is 1. The van der Waals surface area contributed by atoms with E-state index in [0.29, 0.717) is 23.5 Å². The van der Waals surface area contributed by atoms with Gasteiger partial charge in [-0.05, 0) is 50.8 Å². The minimum atomic E-state index is -0.274. The molecule has 2 aromatic rings. The first-order valence-corrected chi connectivity index (χ1v) is 11.2. The summed E-state index contributed by atoms with van der Waals surface area (Å²) in [5.41, 5.74) is 2.30. The fourth-order valence-electron chi connectivity index (χ4n) is 3.57. The molecule has 1 heterocycles. The number of aromatic nitrogens is 3. The zero-order valence-electron chi connectivity index (χ0n) is 17.5. The first-order chi connectivity index (χ1) is 14.0. The van der Waals surface area contributed by atoms with E-state index in [4.69, 9.17) is 4.74 Å². The van der Waals surface area contributed by atoms with Crippen molar-refractivity contribution in [1.82, 2.24) is 20.1 Å². The van der Waals surface area contributed by atoms with Gasteiger partial charge in [0.1, 0.15) is 5.75 Å². The number of nitrogens with one attached hydrogen (secondary N) is 1. The predicted molar refractivity (Wildman–Crippen MR) is 116 cm³/mol. The Hall–Kier alpha value is -2.28. The van der Waals surface area contributed by atoms with Crippen LogP contribution in [-0.2, 0) is 11.3 Å². The summed E-state index contributed by atoms with van der Waals surface area (Å²) in [4.78, 5) is 12.3. The Kier molecular flexibility index (Phi) is 7.36. The number of rotatable bonds is 9. The molecule has 0 radical (unpaired) electrons. The summed E-state index contributed by atoms with van der Waals surface area (Å²) in [5, 5.41) is 12.5. The number of hydrogen-bond acceptors (Lipinski definition) is 5. The highest BCUT2D eigenvalue weighted by Crippen LogP contribution is 2.28. The Balaban J connectivity index is 1.67. The Bertz CT molecular complexity index is 858. The quantitative estimate of drug-likeness (QED) is 0.487. The molecule has 6 nitrogen and oxygen atoms in total. The van der Waals surface area contributed by atoms with E-state index < -0.39 is 0 Å². The van der Waals surface area contributed by atoms with Crippen molar-refractivity contribution < 1.29 is 9.53 Å². The minimum Gasteiger partial charge on any atom is -0.482 e. The van der Waals surface area contributed by atoms with Crippen LogP contribution in [0.3, 0.4) is 0 Å². The molecule has 7 heteroatoms. The molecule has 0 bridgehead atoms. The molecule has 1 atom stereocenters. The van der Waals surface area contributed by atoms with Gasteiger partial charge >= 0.3 is 0 Å². The highest BCUT2D eigenvalue weighted by molar-refractivity contribution is 7.99. The number of hydrogen-bond donors (Lipinski definition) is 1. The SMILES string of the molecule is C=CCn1c(SCC(=O)NC2CCCC2)nnc1C(C)Oc1cccc(C)c1C. The van der Waals surface area contributed by atoms with Crippen molar-refractivity contribution in [1.29, 1.82) is 0 Å². The number of allylic oxidation sites excluding steroid dienone is 1. The normalized spacial score (nSPS) is 15.3. The van der Waals surface area contributed by atoms with Gasteiger partial charge in [-0.25, -0.2) is 0 Å². The highest BCUT2D eigenvalue weighted by atomic mass is 32.2. The number of aryl methyl sites for hydroxylation is 1. The van der Waals surface area contributed by atoms with E-state index in [1.54, 1.807) is 6.08 Å². The van der Waals surface area contributed by atoms with Gasteiger partial charge in [0.2, 0.25) is 5.91 Å². The molecule has 1 amide bonds. The lowest BCUT2D eigenvalue weighted by atomic mass is 10.1. The standard InChI is InChI=1S/C22H30N4O2S/c1-5-13-26-21(17(4)28-19-12-8-9-15(2)16(19)3)24-25-22(26)29-14-20(27)23-18-10-6-7-11-18/h5,8-9,12,17-18H,1,6-7,10-11,13-14H2,2-4H3,(H,23,27). The van der Waals surface area contributed by atoms with E-state index in [2.05, 4.69) is 42.0 Å². The maximum Gasteiger partial charge on any atom is 0.230 e. The van der Waals surface area contributed by atoms with E-state index in [1.807, 2.05) is 23.6 Å². The van der Waals surface area contributed by atoms with Gasteiger partial charge in [-0.15, -0.1) is 16.8 Å². The van der Waals surface area contributed by atoms with Crippen molar-refractivity contribution in [2.24, 2.45) is 0 Å². The monoisotopic (exact) mass is 414 g/mol. The number of thioether (sulfide) groups is 1. The lowest BCUT2D eigenvalue weighted by Gasteiger charge is -2.18. The Labute approximate surface area is 177 Å². The molecule has 156 valence electrons. The largest absolute Gasteiger partial charge is 0.482 e. The second kappa shape index (κ2) is 9.96. The Morgan fingerprint density at radius 1 is 1.38 bits per heavy atom. The van der Waals surface area contributed by atoms with Gasteiger partial charge in [0, 0.05) is 12.6 Å². The highest BCUT2D eigenvalue weighted by Gasteiger charge is 2.21. The van der Waals surface area contributed by atoms with Crippen molar-refractivity contribution >= 4 is 17.7 Å². The molecule has 1 saturated carbocycles. The summed E-state index contributed by atoms with van der Waals surface area (Å²) in [6, 6.07) is 6.35. The third kappa shape index (κ3) is 5.41. The molecule has 1 aromatic heterocycles. The fraction of sp³-hybridized carbons (Fsp3) is 0.500. The summed E-state index contributed by atoms with van der Waals surface area (Å²) in [7, 11) is 0. The van der Waals surface area contributed by atoms with E-state index in [9.17, 15) is 4.79 Å². The number of benzene rings is 1. The Morgan fingerprint density at radius 3 is 2.86 bits per heavy atom. The van der Waals surface area contributed by atoms with Gasteiger partial charge < -0.3 is 10.1 Å². The zero-order chi connectivity index (χ0) is 20.8. The zero-order valence-corrected chi connectivity index (χ0v) is 18.3. The lowest BCUT2D eigenvalue weighted by molar-refractivity contribution is -0.119. The third-order valence-electron chi connectivity index (χ3n) is 5.33. The average molecular weight is 415 g/mol. The van der Waals surface area contributed by atoms with Crippen molar-refractivity contribution in [2.45, 2.75) is 70.3 Å². The predicted octanol–water partition coefficient (Wildman–Crippen LogP) is 4.37. The van der Waals surface area contributed by atoms with Gasteiger partial charge in [-0.2, -0.15) is 0 Å². The molecule has 29 heavy (non-hydrogen) atoms. The molecule has 1 N–H and O–H groups in total. The van der Waals surface area contributed by atoms with Crippen LogP contribution in [0.4, 0.5) is 0 Å². The van der Waals surface area contributed by atoms with Crippen molar-refractivity contribution in [3.05, 3.63) is 47.8 Å². The molecule has 1 aliphatic carbocycles. The van der Waals surface area contributed by atoms with Gasteiger partial charge in [-0.1, -0.05) is 42.8 Å². The second-order valence-corrected chi connectivity index (χ2v) is 8.48. The molecule has 1 fully saturated rings. The van der Waals surface area contributed by atoms with Gasteiger partial charge in [0.15, 0.2) is 17.1 Å². The van der Waals surface area contributed by atoms with Crippen LogP contribution in [0, 0.1) is 13.8 Å². The number of amides is 1.